The number of hydrogen-bond acceptors (Lipinski definition) is 1. The predicted molar refractivity (Wildman–Crippen MR) is 53.7 cm³/mol. The SMILES string of the molecule is N#Cc1ccc2cc(Cl)ccc2c1. The number of halogens is 1. The van der Waals surface area contributed by atoms with Gasteiger partial charge in [0.25, 0.3) is 0 Å². The van der Waals surface area contributed by atoms with Gasteiger partial charge in [-0.15, -0.1) is 0 Å². The normalized spacial score (nSPS) is 9.85. The van der Waals surface area contributed by atoms with Crippen LogP contribution in [0.4, 0.5) is 0 Å². The molecule has 0 amide bonds. The van der Waals surface area contributed by atoms with E-state index in [4.69, 9.17) is 16.9 Å². The van der Waals surface area contributed by atoms with Crippen molar-refractivity contribution in [2.75, 3.05) is 0 Å². The zero-order valence-electron chi connectivity index (χ0n) is 6.79. The van der Waals surface area contributed by atoms with Crippen molar-refractivity contribution in [2.24, 2.45) is 0 Å². The summed E-state index contributed by atoms with van der Waals surface area (Å²) >= 11 is 5.83. The van der Waals surface area contributed by atoms with E-state index in [1.807, 2.05) is 30.3 Å². The Morgan fingerprint density at radius 2 is 1.69 bits per heavy atom. The van der Waals surface area contributed by atoms with Gasteiger partial charge in [-0.2, -0.15) is 5.26 Å². The molecule has 62 valence electrons. The molecule has 0 saturated heterocycles. The van der Waals surface area contributed by atoms with Crippen LogP contribution in [0.1, 0.15) is 5.56 Å². The van der Waals surface area contributed by atoms with Gasteiger partial charge in [0, 0.05) is 5.02 Å². The van der Waals surface area contributed by atoms with E-state index in [2.05, 4.69) is 6.07 Å². The maximum absolute atomic E-state index is 8.68. The molecule has 0 atom stereocenters. The van der Waals surface area contributed by atoms with Crippen molar-refractivity contribution in [1.29, 1.82) is 5.26 Å². The highest BCUT2D eigenvalue weighted by Gasteiger charge is 1.95. The van der Waals surface area contributed by atoms with Gasteiger partial charge in [-0.3, -0.25) is 0 Å². The Hall–Kier alpha value is -1.52. The van der Waals surface area contributed by atoms with Gasteiger partial charge in [0.05, 0.1) is 11.6 Å². The second-order valence-corrected chi connectivity index (χ2v) is 3.25. The minimum absolute atomic E-state index is 0.676. The molecule has 0 N–H and O–H groups in total. The molecule has 13 heavy (non-hydrogen) atoms. The lowest BCUT2D eigenvalue weighted by atomic mass is 10.1. The minimum Gasteiger partial charge on any atom is -0.192 e. The van der Waals surface area contributed by atoms with E-state index < -0.39 is 0 Å². The van der Waals surface area contributed by atoms with Gasteiger partial charge >= 0.3 is 0 Å². The highest BCUT2D eigenvalue weighted by atomic mass is 35.5. The third-order valence-corrected chi connectivity index (χ3v) is 2.17. The summed E-state index contributed by atoms with van der Waals surface area (Å²) in [5, 5.41) is 11.5. The van der Waals surface area contributed by atoms with Crippen molar-refractivity contribution in [2.45, 2.75) is 0 Å². The lowest BCUT2D eigenvalue weighted by molar-refractivity contribution is 1.50. The summed E-state index contributed by atoms with van der Waals surface area (Å²) in [6.07, 6.45) is 0. The van der Waals surface area contributed by atoms with E-state index in [1.165, 1.54) is 0 Å². The fourth-order valence-electron chi connectivity index (χ4n) is 1.29. The molecule has 2 rings (SSSR count). The Morgan fingerprint density at radius 3 is 2.46 bits per heavy atom. The monoisotopic (exact) mass is 187 g/mol. The first-order valence-electron chi connectivity index (χ1n) is 3.89. The largest absolute Gasteiger partial charge is 0.192 e. The van der Waals surface area contributed by atoms with E-state index in [-0.39, 0.29) is 0 Å². The number of nitrogens with zero attached hydrogens (tertiary/aromatic N) is 1. The maximum atomic E-state index is 8.68. The van der Waals surface area contributed by atoms with Crippen LogP contribution >= 0.6 is 11.6 Å². The third-order valence-electron chi connectivity index (χ3n) is 1.93. The van der Waals surface area contributed by atoms with E-state index in [0.29, 0.717) is 5.56 Å². The summed E-state index contributed by atoms with van der Waals surface area (Å²) in [7, 11) is 0. The summed E-state index contributed by atoms with van der Waals surface area (Å²) in [6.45, 7) is 0. The smallest absolute Gasteiger partial charge is 0.0991 e. The molecule has 2 aromatic carbocycles. The molecule has 2 heteroatoms. The van der Waals surface area contributed by atoms with Gasteiger partial charge < -0.3 is 0 Å². The summed E-state index contributed by atoms with van der Waals surface area (Å²) in [5.41, 5.74) is 0.676. The van der Waals surface area contributed by atoms with Gasteiger partial charge in [-0.05, 0) is 35.0 Å². The molecule has 0 heterocycles. The van der Waals surface area contributed by atoms with E-state index >= 15 is 0 Å². The zero-order valence-corrected chi connectivity index (χ0v) is 7.55. The Bertz CT molecular complexity index is 497. The van der Waals surface area contributed by atoms with Crippen LogP contribution in [0.25, 0.3) is 10.8 Å². The van der Waals surface area contributed by atoms with Crippen LogP contribution in [0.5, 0.6) is 0 Å². The first-order chi connectivity index (χ1) is 6.29. The van der Waals surface area contributed by atoms with E-state index in [0.717, 1.165) is 15.8 Å². The molecule has 0 fully saturated rings. The fourth-order valence-corrected chi connectivity index (χ4v) is 1.47. The molecule has 0 aromatic heterocycles. The average molecular weight is 188 g/mol. The highest BCUT2D eigenvalue weighted by molar-refractivity contribution is 6.31. The number of nitriles is 1. The van der Waals surface area contributed by atoms with Gasteiger partial charge in [0.15, 0.2) is 0 Å². The second kappa shape index (κ2) is 3.08. The topological polar surface area (TPSA) is 23.8 Å². The summed E-state index contributed by atoms with van der Waals surface area (Å²) < 4.78 is 0. The van der Waals surface area contributed by atoms with Crippen molar-refractivity contribution in [3.63, 3.8) is 0 Å². The second-order valence-electron chi connectivity index (χ2n) is 2.82. The van der Waals surface area contributed by atoms with Crippen molar-refractivity contribution in [3.05, 3.63) is 47.0 Å². The molecule has 0 aliphatic rings. The fraction of sp³-hybridized carbons (Fsp3) is 0. The molecular formula is C11H6ClN. The Labute approximate surface area is 81.2 Å². The van der Waals surface area contributed by atoms with E-state index in [1.54, 1.807) is 6.07 Å². The van der Waals surface area contributed by atoms with Crippen LogP contribution in [0.2, 0.25) is 5.02 Å². The van der Waals surface area contributed by atoms with Crippen LogP contribution in [0.3, 0.4) is 0 Å². The maximum Gasteiger partial charge on any atom is 0.0991 e. The summed E-state index contributed by atoms with van der Waals surface area (Å²) in [4.78, 5) is 0. The number of rotatable bonds is 0. The van der Waals surface area contributed by atoms with Crippen molar-refractivity contribution in [3.8, 4) is 6.07 Å². The molecule has 0 aliphatic heterocycles. The molecule has 0 aliphatic carbocycles. The number of benzene rings is 2. The van der Waals surface area contributed by atoms with Gasteiger partial charge in [-0.1, -0.05) is 23.7 Å². The average Bonchev–Trinajstić information content (AvgIpc) is 2.17. The molecule has 0 spiro atoms. The summed E-state index contributed by atoms with van der Waals surface area (Å²) in [5.74, 6) is 0. The minimum atomic E-state index is 0.676. The van der Waals surface area contributed by atoms with Crippen molar-refractivity contribution < 1.29 is 0 Å². The first kappa shape index (κ1) is 8.10. The molecular weight excluding hydrogens is 182 g/mol. The Morgan fingerprint density at radius 1 is 1.00 bits per heavy atom. The van der Waals surface area contributed by atoms with Crippen LogP contribution in [-0.4, -0.2) is 0 Å². The molecule has 0 unspecified atom stereocenters. The molecule has 0 radical (unpaired) electrons. The van der Waals surface area contributed by atoms with Gasteiger partial charge in [0.1, 0.15) is 0 Å². The summed E-state index contributed by atoms with van der Waals surface area (Å²) in [6, 6.07) is 13.3. The third kappa shape index (κ3) is 1.49. The number of hydrogen-bond donors (Lipinski definition) is 0. The van der Waals surface area contributed by atoms with Crippen molar-refractivity contribution >= 4 is 22.4 Å². The quantitative estimate of drug-likeness (QED) is 0.621. The van der Waals surface area contributed by atoms with E-state index in [9.17, 15) is 0 Å². The molecule has 2 aromatic rings. The highest BCUT2D eigenvalue weighted by Crippen LogP contribution is 2.20. The number of fused-ring (bicyclic) bond motifs is 1. The lowest BCUT2D eigenvalue weighted by Crippen LogP contribution is -1.76. The predicted octanol–water partition coefficient (Wildman–Crippen LogP) is 3.36. The molecule has 0 bridgehead atoms. The molecule has 1 nitrogen and oxygen atoms in total. The van der Waals surface area contributed by atoms with Gasteiger partial charge in [-0.25, -0.2) is 0 Å². The zero-order chi connectivity index (χ0) is 9.26. The Balaban J connectivity index is 2.75. The Kier molecular flexibility index (Phi) is 1.92. The van der Waals surface area contributed by atoms with Crippen LogP contribution < -0.4 is 0 Å². The lowest BCUT2D eigenvalue weighted by Gasteiger charge is -1.97. The van der Waals surface area contributed by atoms with Crippen molar-refractivity contribution in [1.82, 2.24) is 0 Å². The van der Waals surface area contributed by atoms with Crippen LogP contribution in [-0.2, 0) is 0 Å². The van der Waals surface area contributed by atoms with Crippen LogP contribution in [0.15, 0.2) is 36.4 Å². The van der Waals surface area contributed by atoms with Gasteiger partial charge in [0.2, 0.25) is 0 Å². The first-order valence-corrected chi connectivity index (χ1v) is 4.27. The molecule has 0 saturated carbocycles. The van der Waals surface area contributed by atoms with Crippen LogP contribution in [0, 0.1) is 11.3 Å². The standard InChI is InChI=1S/C11H6ClN/c12-11-4-3-9-5-8(7-13)1-2-10(9)6-11/h1-6H.